The van der Waals surface area contributed by atoms with Gasteiger partial charge in [-0.3, -0.25) is 4.79 Å². The fourth-order valence-electron chi connectivity index (χ4n) is 3.70. The molecule has 1 amide bonds. The van der Waals surface area contributed by atoms with E-state index in [1.165, 1.54) is 0 Å². The van der Waals surface area contributed by atoms with Gasteiger partial charge in [-0.25, -0.2) is 0 Å². The lowest BCUT2D eigenvalue weighted by atomic mass is 10.1. The molecule has 0 N–H and O–H groups in total. The van der Waals surface area contributed by atoms with Crippen molar-refractivity contribution >= 4 is 5.91 Å². The molecule has 0 spiro atoms. The van der Waals surface area contributed by atoms with Gasteiger partial charge in [0.2, 0.25) is 0 Å². The molecule has 1 unspecified atom stereocenters. The van der Waals surface area contributed by atoms with Crippen LogP contribution in [-0.2, 0) is 16.1 Å². The SMILES string of the molecule is O=C(c1occc1COc1ccccc1)N1CCC(OCC2CCCO2)CC1. The van der Waals surface area contributed by atoms with E-state index in [0.717, 1.165) is 43.6 Å². The number of ether oxygens (including phenoxy) is 3. The molecule has 1 aromatic carbocycles. The van der Waals surface area contributed by atoms with E-state index >= 15 is 0 Å². The van der Waals surface area contributed by atoms with E-state index in [4.69, 9.17) is 18.6 Å². The van der Waals surface area contributed by atoms with Crippen LogP contribution in [0.25, 0.3) is 0 Å². The Morgan fingerprint density at radius 2 is 1.93 bits per heavy atom. The van der Waals surface area contributed by atoms with Crippen LogP contribution in [-0.4, -0.2) is 49.3 Å². The maximum absolute atomic E-state index is 12.9. The number of carbonyl (C=O) groups is 1. The van der Waals surface area contributed by atoms with Crippen LogP contribution in [0.3, 0.4) is 0 Å². The van der Waals surface area contributed by atoms with Crippen molar-refractivity contribution in [3.05, 3.63) is 54.0 Å². The molecule has 2 aliphatic rings. The number of likely N-dealkylation sites (tertiary alicyclic amines) is 1. The van der Waals surface area contributed by atoms with Gasteiger partial charge < -0.3 is 23.5 Å². The lowest BCUT2D eigenvalue weighted by molar-refractivity contribution is -0.0397. The highest BCUT2D eigenvalue weighted by Crippen LogP contribution is 2.22. The van der Waals surface area contributed by atoms with Crippen molar-refractivity contribution in [3.8, 4) is 5.75 Å². The van der Waals surface area contributed by atoms with Crippen LogP contribution >= 0.6 is 0 Å². The van der Waals surface area contributed by atoms with Crippen LogP contribution in [0.15, 0.2) is 47.1 Å². The maximum Gasteiger partial charge on any atom is 0.289 e. The van der Waals surface area contributed by atoms with Gasteiger partial charge in [0.05, 0.1) is 25.1 Å². The summed E-state index contributed by atoms with van der Waals surface area (Å²) in [5.41, 5.74) is 0.769. The third-order valence-corrected chi connectivity index (χ3v) is 5.35. The lowest BCUT2D eigenvalue weighted by Crippen LogP contribution is -2.41. The molecular formula is C22H27NO5. The molecule has 2 aromatic rings. The van der Waals surface area contributed by atoms with Gasteiger partial charge >= 0.3 is 0 Å². The highest BCUT2D eigenvalue weighted by atomic mass is 16.5. The minimum absolute atomic E-state index is 0.0748. The van der Waals surface area contributed by atoms with Crippen LogP contribution in [0.1, 0.15) is 41.8 Å². The molecule has 6 nitrogen and oxygen atoms in total. The summed E-state index contributed by atoms with van der Waals surface area (Å²) in [5, 5.41) is 0. The Hall–Kier alpha value is -2.31. The van der Waals surface area contributed by atoms with E-state index in [9.17, 15) is 4.79 Å². The number of furan rings is 1. The minimum Gasteiger partial charge on any atom is -0.489 e. The Bertz CT molecular complexity index is 745. The topological polar surface area (TPSA) is 61.1 Å². The zero-order chi connectivity index (χ0) is 19.2. The number of para-hydroxylation sites is 1. The number of carbonyl (C=O) groups excluding carboxylic acids is 1. The number of benzene rings is 1. The number of hydrogen-bond donors (Lipinski definition) is 0. The van der Waals surface area contributed by atoms with E-state index in [-0.39, 0.29) is 18.1 Å². The van der Waals surface area contributed by atoms with Crippen LogP contribution < -0.4 is 4.74 Å². The highest BCUT2D eigenvalue weighted by Gasteiger charge is 2.28. The Morgan fingerprint density at radius 3 is 2.68 bits per heavy atom. The molecule has 0 radical (unpaired) electrons. The molecule has 150 valence electrons. The molecule has 1 aromatic heterocycles. The van der Waals surface area contributed by atoms with Crippen molar-refractivity contribution in [2.45, 2.75) is 44.5 Å². The van der Waals surface area contributed by atoms with E-state index in [2.05, 4.69) is 0 Å². The first kappa shape index (κ1) is 19.0. The van der Waals surface area contributed by atoms with Crippen molar-refractivity contribution < 1.29 is 23.4 Å². The van der Waals surface area contributed by atoms with Gasteiger partial charge in [0, 0.05) is 25.3 Å². The summed E-state index contributed by atoms with van der Waals surface area (Å²) in [6, 6.07) is 11.4. The summed E-state index contributed by atoms with van der Waals surface area (Å²) >= 11 is 0. The summed E-state index contributed by atoms with van der Waals surface area (Å²) in [6.45, 7) is 3.17. The van der Waals surface area contributed by atoms with Crippen LogP contribution in [0.2, 0.25) is 0 Å². The predicted molar refractivity (Wildman–Crippen MR) is 103 cm³/mol. The zero-order valence-electron chi connectivity index (χ0n) is 16.0. The molecule has 6 heteroatoms. The first-order valence-electron chi connectivity index (χ1n) is 10.1. The largest absolute Gasteiger partial charge is 0.489 e. The van der Waals surface area contributed by atoms with Gasteiger partial charge in [0.1, 0.15) is 12.4 Å². The normalized spacial score (nSPS) is 20.4. The smallest absolute Gasteiger partial charge is 0.289 e. The summed E-state index contributed by atoms with van der Waals surface area (Å²) < 4.78 is 22.9. The average Bonchev–Trinajstić information content (AvgIpc) is 3.43. The molecule has 4 rings (SSSR count). The number of amides is 1. The first-order valence-corrected chi connectivity index (χ1v) is 10.1. The van der Waals surface area contributed by atoms with Crippen LogP contribution in [0.4, 0.5) is 0 Å². The maximum atomic E-state index is 12.9. The minimum atomic E-state index is -0.0748. The molecule has 0 aliphatic carbocycles. The summed E-state index contributed by atoms with van der Waals surface area (Å²) in [5.74, 6) is 1.06. The number of rotatable bonds is 7. The average molecular weight is 385 g/mol. The van der Waals surface area contributed by atoms with Crippen LogP contribution in [0, 0.1) is 0 Å². The van der Waals surface area contributed by atoms with E-state index in [0.29, 0.717) is 32.1 Å². The molecule has 0 saturated carbocycles. The number of nitrogens with zero attached hydrogens (tertiary/aromatic N) is 1. The molecule has 3 heterocycles. The van der Waals surface area contributed by atoms with Crippen molar-refractivity contribution in [2.75, 3.05) is 26.3 Å². The van der Waals surface area contributed by atoms with E-state index < -0.39 is 0 Å². The fraction of sp³-hybridized carbons (Fsp3) is 0.500. The summed E-state index contributed by atoms with van der Waals surface area (Å²) in [4.78, 5) is 14.7. The molecular weight excluding hydrogens is 358 g/mol. The highest BCUT2D eigenvalue weighted by molar-refractivity contribution is 5.93. The lowest BCUT2D eigenvalue weighted by Gasteiger charge is -2.32. The Balaban J connectivity index is 1.26. The molecule has 1 atom stereocenters. The molecule has 2 aliphatic heterocycles. The van der Waals surface area contributed by atoms with Crippen molar-refractivity contribution in [3.63, 3.8) is 0 Å². The summed E-state index contributed by atoms with van der Waals surface area (Å²) in [6.07, 6.45) is 5.89. The van der Waals surface area contributed by atoms with Gasteiger partial charge in [0.15, 0.2) is 5.76 Å². The standard InChI is InChI=1S/C22H27NO5/c24-22(21-17(10-14-26-21)15-27-18-5-2-1-3-6-18)23-11-8-19(9-12-23)28-16-20-7-4-13-25-20/h1-3,5-6,10,14,19-20H,4,7-9,11-13,15-16H2. The van der Waals surface area contributed by atoms with Crippen LogP contribution in [0.5, 0.6) is 5.75 Å². The van der Waals surface area contributed by atoms with Crippen molar-refractivity contribution in [1.82, 2.24) is 4.90 Å². The number of piperidine rings is 1. The van der Waals surface area contributed by atoms with Gasteiger partial charge in [0.25, 0.3) is 5.91 Å². The predicted octanol–water partition coefficient (Wildman–Crippen LogP) is 3.66. The van der Waals surface area contributed by atoms with E-state index in [1.807, 2.05) is 35.2 Å². The van der Waals surface area contributed by atoms with E-state index in [1.54, 1.807) is 12.3 Å². The van der Waals surface area contributed by atoms with Gasteiger partial charge in [-0.05, 0) is 43.9 Å². The zero-order valence-corrected chi connectivity index (χ0v) is 16.0. The van der Waals surface area contributed by atoms with Gasteiger partial charge in [-0.2, -0.15) is 0 Å². The molecule has 28 heavy (non-hydrogen) atoms. The number of hydrogen-bond acceptors (Lipinski definition) is 5. The van der Waals surface area contributed by atoms with Gasteiger partial charge in [-0.15, -0.1) is 0 Å². The van der Waals surface area contributed by atoms with Crippen molar-refractivity contribution in [2.24, 2.45) is 0 Å². The third kappa shape index (κ3) is 4.75. The quantitative estimate of drug-likeness (QED) is 0.728. The molecule has 2 fully saturated rings. The second-order valence-electron chi connectivity index (χ2n) is 7.34. The third-order valence-electron chi connectivity index (χ3n) is 5.35. The molecule has 2 saturated heterocycles. The Morgan fingerprint density at radius 1 is 1.11 bits per heavy atom. The second kappa shape index (κ2) is 9.26. The second-order valence-corrected chi connectivity index (χ2v) is 7.34. The Kier molecular flexibility index (Phi) is 6.29. The first-order chi connectivity index (χ1) is 13.8. The molecule has 0 bridgehead atoms. The monoisotopic (exact) mass is 385 g/mol. The van der Waals surface area contributed by atoms with Crippen molar-refractivity contribution in [1.29, 1.82) is 0 Å². The summed E-state index contributed by atoms with van der Waals surface area (Å²) in [7, 11) is 0. The fourth-order valence-corrected chi connectivity index (χ4v) is 3.70. The van der Waals surface area contributed by atoms with Gasteiger partial charge in [-0.1, -0.05) is 18.2 Å². The Labute approximate surface area is 165 Å².